The second-order valence-electron chi connectivity index (χ2n) is 9.37. The molecule has 0 saturated heterocycles. The Kier molecular flexibility index (Phi) is 7.13. The fourth-order valence-electron chi connectivity index (χ4n) is 4.77. The van der Waals surface area contributed by atoms with E-state index in [4.69, 9.17) is 0 Å². The van der Waals surface area contributed by atoms with Gasteiger partial charge in [-0.1, -0.05) is 43.3 Å². The SMILES string of the molecule is CSc1ccc(-c2ccncc2-c2cccc(-c3cc(C(C)CS(C)(=O)=O)cc4cccnc34)c2)cc1. The molecule has 1 atom stereocenters. The van der Waals surface area contributed by atoms with Gasteiger partial charge >= 0.3 is 0 Å². The summed E-state index contributed by atoms with van der Waals surface area (Å²) in [6, 6.07) is 27.2. The lowest BCUT2D eigenvalue weighted by atomic mass is 9.91. The molecular weight excluding hydrogens is 496 g/mol. The third kappa shape index (κ3) is 5.60. The van der Waals surface area contributed by atoms with Crippen molar-refractivity contribution >= 4 is 32.5 Å². The number of hydrogen-bond donors (Lipinski definition) is 0. The van der Waals surface area contributed by atoms with Gasteiger partial charge in [-0.15, -0.1) is 11.8 Å². The van der Waals surface area contributed by atoms with Crippen LogP contribution in [0.5, 0.6) is 0 Å². The van der Waals surface area contributed by atoms with Crippen molar-refractivity contribution in [3.8, 4) is 33.4 Å². The predicted octanol–water partition coefficient (Wildman–Crippen LogP) is 7.50. The molecule has 0 aliphatic rings. The molecule has 5 rings (SSSR count). The quantitative estimate of drug-likeness (QED) is 0.206. The lowest BCUT2D eigenvalue weighted by molar-refractivity contribution is 0.596. The normalized spacial score (nSPS) is 12.5. The van der Waals surface area contributed by atoms with Crippen molar-refractivity contribution in [2.75, 3.05) is 18.3 Å². The van der Waals surface area contributed by atoms with Crippen LogP contribution in [0.25, 0.3) is 44.3 Å². The molecular formula is C31H28N2O2S2. The molecule has 0 saturated carbocycles. The van der Waals surface area contributed by atoms with Gasteiger partial charge in [-0.2, -0.15) is 0 Å². The smallest absolute Gasteiger partial charge is 0.148 e. The number of benzene rings is 3. The first-order chi connectivity index (χ1) is 17.8. The summed E-state index contributed by atoms with van der Waals surface area (Å²) in [7, 11) is -3.10. The highest BCUT2D eigenvalue weighted by Crippen LogP contribution is 2.37. The van der Waals surface area contributed by atoms with Gasteiger partial charge in [0.1, 0.15) is 9.84 Å². The Morgan fingerprint density at radius 2 is 1.57 bits per heavy atom. The minimum absolute atomic E-state index is 0.104. The summed E-state index contributed by atoms with van der Waals surface area (Å²) >= 11 is 1.73. The zero-order chi connectivity index (χ0) is 26.0. The first kappa shape index (κ1) is 25.2. The minimum Gasteiger partial charge on any atom is -0.264 e. The van der Waals surface area contributed by atoms with Gasteiger partial charge in [0.25, 0.3) is 0 Å². The minimum atomic E-state index is -3.10. The number of thioether (sulfide) groups is 1. The first-order valence-corrected chi connectivity index (χ1v) is 15.4. The van der Waals surface area contributed by atoms with Crippen molar-refractivity contribution in [2.45, 2.75) is 17.7 Å². The summed E-state index contributed by atoms with van der Waals surface area (Å²) in [6.07, 6.45) is 8.91. The maximum absolute atomic E-state index is 12.0. The number of aromatic nitrogens is 2. The van der Waals surface area contributed by atoms with E-state index in [0.717, 1.165) is 49.8 Å². The fourth-order valence-corrected chi connectivity index (χ4v) is 6.28. The molecule has 5 aromatic rings. The number of sulfone groups is 1. The van der Waals surface area contributed by atoms with Gasteiger partial charge in [-0.3, -0.25) is 9.97 Å². The Balaban J connectivity index is 1.63. The highest BCUT2D eigenvalue weighted by atomic mass is 32.2. The summed E-state index contributed by atoms with van der Waals surface area (Å²) in [6.45, 7) is 1.96. The third-order valence-electron chi connectivity index (χ3n) is 6.56. The van der Waals surface area contributed by atoms with Crippen LogP contribution in [-0.4, -0.2) is 36.7 Å². The van der Waals surface area contributed by atoms with Crippen LogP contribution >= 0.6 is 11.8 Å². The Morgan fingerprint density at radius 1 is 0.811 bits per heavy atom. The molecule has 0 N–H and O–H groups in total. The standard InChI is InChI=1S/C31H28N2O2S2/c1-21(20-37(3,34)35)26-17-25-8-5-14-33-31(25)29(18-26)23-6-4-7-24(16-23)30-19-32-15-13-28(30)22-9-11-27(36-2)12-10-22/h4-19,21H,20H2,1-3H3. The van der Waals surface area contributed by atoms with Gasteiger partial charge in [-0.05, 0) is 82.5 Å². The number of rotatable bonds is 7. The second-order valence-corrected chi connectivity index (χ2v) is 12.4. The van der Waals surface area contributed by atoms with Crippen molar-refractivity contribution < 1.29 is 8.42 Å². The Bertz CT molecular complexity index is 1680. The molecule has 2 aromatic heterocycles. The number of nitrogens with zero attached hydrogens (tertiary/aromatic N) is 2. The summed E-state index contributed by atoms with van der Waals surface area (Å²) in [4.78, 5) is 10.3. The Morgan fingerprint density at radius 3 is 2.30 bits per heavy atom. The van der Waals surface area contributed by atoms with Crippen LogP contribution in [0.3, 0.4) is 0 Å². The topological polar surface area (TPSA) is 59.9 Å². The summed E-state index contributed by atoms with van der Waals surface area (Å²) in [5.74, 6) is -0.0252. The van der Waals surface area contributed by atoms with Gasteiger partial charge in [-0.25, -0.2) is 8.42 Å². The highest BCUT2D eigenvalue weighted by molar-refractivity contribution is 7.98. The molecule has 0 aliphatic heterocycles. The van der Waals surface area contributed by atoms with E-state index in [1.54, 1.807) is 18.0 Å². The molecule has 0 bridgehead atoms. The Hall–Kier alpha value is -3.48. The van der Waals surface area contributed by atoms with Crippen molar-refractivity contribution in [2.24, 2.45) is 0 Å². The van der Waals surface area contributed by atoms with Crippen LogP contribution in [0, 0.1) is 0 Å². The molecule has 0 spiro atoms. The highest BCUT2D eigenvalue weighted by Gasteiger charge is 2.17. The monoisotopic (exact) mass is 524 g/mol. The lowest BCUT2D eigenvalue weighted by Crippen LogP contribution is -2.10. The van der Waals surface area contributed by atoms with Crippen molar-refractivity contribution in [1.82, 2.24) is 9.97 Å². The molecule has 0 amide bonds. The van der Waals surface area contributed by atoms with Crippen molar-refractivity contribution in [3.63, 3.8) is 0 Å². The van der Waals surface area contributed by atoms with E-state index in [-0.39, 0.29) is 11.7 Å². The molecule has 0 fully saturated rings. The zero-order valence-electron chi connectivity index (χ0n) is 21.0. The predicted molar refractivity (Wildman–Crippen MR) is 156 cm³/mol. The summed E-state index contributed by atoms with van der Waals surface area (Å²) in [5.41, 5.74) is 8.29. The van der Waals surface area contributed by atoms with Crippen LogP contribution in [0.15, 0.2) is 102 Å². The van der Waals surface area contributed by atoms with Crippen molar-refractivity contribution in [3.05, 3.63) is 103 Å². The third-order valence-corrected chi connectivity index (χ3v) is 8.40. The maximum atomic E-state index is 12.0. The molecule has 37 heavy (non-hydrogen) atoms. The fraction of sp³-hybridized carbons (Fsp3) is 0.161. The molecule has 0 aliphatic carbocycles. The van der Waals surface area contributed by atoms with Crippen molar-refractivity contribution in [1.29, 1.82) is 0 Å². The van der Waals surface area contributed by atoms with Crippen LogP contribution in [-0.2, 0) is 9.84 Å². The number of pyridine rings is 2. The summed E-state index contributed by atoms with van der Waals surface area (Å²) in [5, 5.41) is 0.997. The van der Waals surface area contributed by atoms with E-state index >= 15 is 0 Å². The molecule has 4 nitrogen and oxygen atoms in total. The van der Waals surface area contributed by atoms with E-state index in [1.807, 2.05) is 31.5 Å². The van der Waals surface area contributed by atoms with Crippen LogP contribution in [0.4, 0.5) is 0 Å². The largest absolute Gasteiger partial charge is 0.264 e. The molecule has 186 valence electrons. The number of fused-ring (bicyclic) bond motifs is 1. The zero-order valence-corrected chi connectivity index (χ0v) is 22.7. The molecule has 0 radical (unpaired) electrons. The van der Waals surface area contributed by atoms with E-state index in [9.17, 15) is 8.42 Å². The van der Waals surface area contributed by atoms with Crippen LogP contribution in [0.1, 0.15) is 18.4 Å². The van der Waals surface area contributed by atoms with Gasteiger partial charge in [0.15, 0.2) is 0 Å². The second kappa shape index (κ2) is 10.5. The van der Waals surface area contributed by atoms with Gasteiger partial charge in [0, 0.05) is 46.3 Å². The van der Waals surface area contributed by atoms with Gasteiger partial charge in [0.2, 0.25) is 0 Å². The Labute approximate surface area is 222 Å². The molecule has 2 heterocycles. The number of hydrogen-bond acceptors (Lipinski definition) is 5. The van der Waals surface area contributed by atoms with Gasteiger partial charge < -0.3 is 0 Å². The van der Waals surface area contributed by atoms with E-state index in [2.05, 4.69) is 83.0 Å². The summed E-state index contributed by atoms with van der Waals surface area (Å²) < 4.78 is 24.0. The van der Waals surface area contributed by atoms with E-state index in [1.165, 1.54) is 11.2 Å². The lowest BCUT2D eigenvalue weighted by Gasteiger charge is -2.16. The molecule has 6 heteroatoms. The average Bonchev–Trinajstić information content (AvgIpc) is 2.91. The van der Waals surface area contributed by atoms with Crippen LogP contribution in [0.2, 0.25) is 0 Å². The first-order valence-electron chi connectivity index (χ1n) is 12.1. The van der Waals surface area contributed by atoms with Gasteiger partial charge in [0.05, 0.1) is 11.3 Å². The van der Waals surface area contributed by atoms with E-state index < -0.39 is 9.84 Å². The molecule has 3 aromatic carbocycles. The van der Waals surface area contributed by atoms with E-state index in [0.29, 0.717) is 0 Å². The van der Waals surface area contributed by atoms with Crippen LogP contribution < -0.4 is 0 Å². The average molecular weight is 525 g/mol. The maximum Gasteiger partial charge on any atom is 0.148 e. The molecule has 1 unspecified atom stereocenters.